The Kier molecular flexibility index (Phi) is 35.6. The smallest absolute Gasteiger partial charge is 0.249 e. The highest BCUT2D eigenvalue weighted by Crippen LogP contribution is 2.17. The molecule has 4 atom stereocenters. The second-order valence-electron chi connectivity index (χ2n) is 15.5. The van der Waals surface area contributed by atoms with Crippen molar-refractivity contribution in [2.24, 2.45) is 5.92 Å². The Morgan fingerprint density at radius 1 is 0.479 bits per heavy atom. The van der Waals surface area contributed by atoms with Gasteiger partial charge in [0.1, 0.15) is 12.2 Å². The van der Waals surface area contributed by atoms with Crippen LogP contribution >= 0.6 is 0 Å². The van der Waals surface area contributed by atoms with Crippen LogP contribution in [0, 0.1) is 5.92 Å². The Morgan fingerprint density at radius 2 is 0.792 bits per heavy atom. The number of amides is 1. The molecule has 0 heterocycles. The minimum atomic E-state index is -1.25. The molecule has 0 saturated carbocycles. The van der Waals surface area contributed by atoms with Crippen LogP contribution in [-0.2, 0) is 4.79 Å². The predicted octanol–water partition coefficient (Wildman–Crippen LogP) is 10.7. The Labute approximate surface area is 299 Å². The van der Waals surface area contributed by atoms with Crippen LogP contribution in [0.2, 0.25) is 0 Å². The molecule has 6 heteroatoms. The molecule has 6 nitrogen and oxygen atoms in total. The van der Waals surface area contributed by atoms with Gasteiger partial charge in [-0.3, -0.25) is 4.79 Å². The van der Waals surface area contributed by atoms with Gasteiger partial charge in [-0.1, -0.05) is 213 Å². The SMILES string of the molecule is CCCCCCCCCCCCC(O)C(O)C(CO)NC(=O)C(O)CCCCCCCCCCCCCCCCCCCCCC(C)C. The lowest BCUT2D eigenvalue weighted by atomic mass is 9.99. The number of aliphatic hydroxyl groups is 4. The topological polar surface area (TPSA) is 110 Å². The van der Waals surface area contributed by atoms with Gasteiger partial charge in [0.2, 0.25) is 5.91 Å². The fraction of sp³-hybridized carbons (Fsp3) is 0.976. The summed E-state index contributed by atoms with van der Waals surface area (Å²) < 4.78 is 0. The van der Waals surface area contributed by atoms with Crippen LogP contribution in [-0.4, -0.2) is 57.3 Å². The molecule has 4 unspecified atom stereocenters. The quantitative estimate of drug-likeness (QED) is 0.0416. The molecular formula is C42H85NO5. The molecule has 0 radical (unpaired) electrons. The maximum absolute atomic E-state index is 12.5. The van der Waals surface area contributed by atoms with Crippen LogP contribution in [0.3, 0.4) is 0 Å². The summed E-state index contributed by atoms with van der Waals surface area (Å²) in [4.78, 5) is 12.5. The molecule has 0 aliphatic heterocycles. The van der Waals surface area contributed by atoms with Crippen molar-refractivity contribution in [1.29, 1.82) is 0 Å². The Balaban J connectivity index is 3.65. The summed E-state index contributed by atoms with van der Waals surface area (Å²) >= 11 is 0. The second kappa shape index (κ2) is 36.1. The molecule has 0 bridgehead atoms. The van der Waals surface area contributed by atoms with E-state index < -0.39 is 36.9 Å². The van der Waals surface area contributed by atoms with Gasteiger partial charge in [0.15, 0.2) is 0 Å². The Morgan fingerprint density at radius 3 is 1.12 bits per heavy atom. The normalized spacial score (nSPS) is 14.3. The molecule has 0 spiro atoms. The van der Waals surface area contributed by atoms with Crippen molar-refractivity contribution >= 4 is 5.91 Å². The highest BCUT2D eigenvalue weighted by Gasteiger charge is 2.28. The van der Waals surface area contributed by atoms with Gasteiger partial charge in [-0.25, -0.2) is 0 Å². The molecular weight excluding hydrogens is 598 g/mol. The van der Waals surface area contributed by atoms with Crippen molar-refractivity contribution in [3.8, 4) is 0 Å². The summed E-state index contributed by atoms with van der Waals surface area (Å²) in [7, 11) is 0. The van der Waals surface area contributed by atoms with Gasteiger partial charge in [-0.2, -0.15) is 0 Å². The largest absolute Gasteiger partial charge is 0.394 e. The zero-order chi connectivity index (χ0) is 35.5. The molecule has 0 aromatic heterocycles. The monoisotopic (exact) mass is 684 g/mol. The number of hydrogen-bond acceptors (Lipinski definition) is 5. The van der Waals surface area contributed by atoms with E-state index in [0.717, 1.165) is 44.4 Å². The van der Waals surface area contributed by atoms with E-state index >= 15 is 0 Å². The number of carbonyl (C=O) groups is 1. The molecule has 288 valence electrons. The highest BCUT2D eigenvalue weighted by molar-refractivity contribution is 5.80. The van der Waals surface area contributed by atoms with Crippen molar-refractivity contribution in [3.05, 3.63) is 0 Å². The minimum Gasteiger partial charge on any atom is -0.394 e. The average molecular weight is 684 g/mol. The fourth-order valence-electron chi connectivity index (χ4n) is 6.82. The summed E-state index contributed by atoms with van der Waals surface area (Å²) in [6, 6.07) is -0.978. The predicted molar refractivity (Wildman–Crippen MR) is 205 cm³/mol. The number of hydrogen-bond donors (Lipinski definition) is 5. The molecule has 0 aliphatic rings. The summed E-state index contributed by atoms with van der Waals surface area (Å²) in [5, 5.41) is 43.5. The number of rotatable bonds is 38. The highest BCUT2D eigenvalue weighted by atomic mass is 16.3. The number of carbonyl (C=O) groups excluding carboxylic acids is 1. The molecule has 1 amide bonds. The van der Waals surface area contributed by atoms with Crippen molar-refractivity contribution in [3.63, 3.8) is 0 Å². The Bertz CT molecular complexity index is 660. The maximum atomic E-state index is 12.5. The zero-order valence-electron chi connectivity index (χ0n) is 32.4. The maximum Gasteiger partial charge on any atom is 0.249 e. The second-order valence-corrected chi connectivity index (χ2v) is 15.5. The molecule has 0 aliphatic carbocycles. The van der Waals surface area contributed by atoms with E-state index in [1.165, 1.54) is 154 Å². The summed E-state index contributed by atoms with van der Waals surface area (Å²) in [5.74, 6) is 0.279. The van der Waals surface area contributed by atoms with E-state index in [2.05, 4.69) is 26.1 Å². The lowest BCUT2D eigenvalue weighted by Crippen LogP contribution is -2.53. The lowest BCUT2D eigenvalue weighted by molar-refractivity contribution is -0.132. The van der Waals surface area contributed by atoms with Crippen molar-refractivity contribution < 1.29 is 25.2 Å². The number of aliphatic hydroxyl groups excluding tert-OH is 4. The van der Waals surface area contributed by atoms with E-state index in [1.807, 2.05) is 0 Å². The molecule has 48 heavy (non-hydrogen) atoms. The first-order chi connectivity index (χ1) is 23.3. The standard InChI is InChI=1S/C42H85NO5/c1-4-5-6-7-8-9-22-25-28-31-34-39(45)41(47)38(36-44)43-42(48)40(46)35-32-29-26-23-20-18-16-14-12-10-11-13-15-17-19-21-24-27-30-33-37(2)3/h37-41,44-47H,4-36H2,1-3H3,(H,43,48). The average Bonchev–Trinajstić information content (AvgIpc) is 3.07. The summed E-state index contributed by atoms with van der Waals surface area (Å²) in [5.41, 5.74) is 0. The first kappa shape index (κ1) is 47.3. The third-order valence-electron chi connectivity index (χ3n) is 10.2. The van der Waals surface area contributed by atoms with Crippen molar-refractivity contribution in [2.75, 3.05) is 6.61 Å². The van der Waals surface area contributed by atoms with E-state index in [4.69, 9.17) is 0 Å². The minimum absolute atomic E-state index is 0.375. The third-order valence-corrected chi connectivity index (χ3v) is 10.2. The van der Waals surface area contributed by atoms with Gasteiger partial charge in [0, 0.05) is 0 Å². The lowest BCUT2D eigenvalue weighted by Gasteiger charge is -2.27. The van der Waals surface area contributed by atoms with Crippen molar-refractivity contribution in [2.45, 2.75) is 251 Å². The van der Waals surface area contributed by atoms with Crippen LogP contribution in [0.4, 0.5) is 0 Å². The first-order valence-electron chi connectivity index (χ1n) is 21.3. The fourth-order valence-corrected chi connectivity index (χ4v) is 6.82. The number of nitrogens with one attached hydrogen (secondary N) is 1. The molecule has 5 N–H and O–H groups in total. The van der Waals surface area contributed by atoms with E-state index in [9.17, 15) is 25.2 Å². The van der Waals surface area contributed by atoms with E-state index in [0.29, 0.717) is 12.8 Å². The molecule has 0 aromatic carbocycles. The molecule has 0 aromatic rings. The van der Waals surface area contributed by atoms with Gasteiger partial charge in [-0.15, -0.1) is 0 Å². The first-order valence-corrected chi connectivity index (χ1v) is 21.3. The van der Waals surface area contributed by atoms with Gasteiger partial charge in [0.25, 0.3) is 0 Å². The van der Waals surface area contributed by atoms with Gasteiger partial charge in [-0.05, 0) is 18.8 Å². The van der Waals surface area contributed by atoms with Crippen LogP contribution in [0.25, 0.3) is 0 Å². The molecule has 0 rings (SSSR count). The van der Waals surface area contributed by atoms with Gasteiger partial charge < -0.3 is 25.7 Å². The molecule has 0 saturated heterocycles. The van der Waals surface area contributed by atoms with Crippen LogP contribution in [0.5, 0.6) is 0 Å². The summed E-state index contributed by atoms with van der Waals surface area (Å²) in [6.07, 6.45) is 35.7. The van der Waals surface area contributed by atoms with E-state index in [1.54, 1.807) is 0 Å². The zero-order valence-corrected chi connectivity index (χ0v) is 32.4. The van der Waals surface area contributed by atoms with Gasteiger partial charge >= 0.3 is 0 Å². The Hall–Kier alpha value is -0.690. The number of unbranched alkanes of at least 4 members (excludes halogenated alkanes) is 27. The van der Waals surface area contributed by atoms with Crippen LogP contribution < -0.4 is 5.32 Å². The van der Waals surface area contributed by atoms with Crippen LogP contribution in [0.1, 0.15) is 226 Å². The van der Waals surface area contributed by atoms with Crippen molar-refractivity contribution in [1.82, 2.24) is 5.32 Å². The molecule has 0 fully saturated rings. The van der Waals surface area contributed by atoms with Gasteiger partial charge in [0.05, 0.1) is 18.8 Å². The van der Waals surface area contributed by atoms with E-state index in [-0.39, 0.29) is 0 Å². The van der Waals surface area contributed by atoms with Crippen LogP contribution in [0.15, 0.2) is 0 Å². The third kappa shape index (κ3) is 31.3. The summed E-state index contributed by atoms with van der Waals surface area (Å²) in [6.45, 7) is 6.40.